The molecule has 1 amide bonds. The molecule has 1 aromatic heterocycles. The number of ether oxygens (including phenoxy) is 1. The molecule has 0 unspecified atom stereocenters. The van der Waals surface area contributed by atoms with Crippen LogP contribution in [0, 0.1) is 5.82 Å². The predicted octanol–water partition coefficient (Wildman–Crippen LogP) is 3.51. The molecule has 0 aliphatic heterocycles. The largest absolute Gasteiger partial charge is 0.468 e. The maximum atomic E-state index is 13.1. The van der Waals surface area contributed by atoms with Gasteiger partial charge in [0, 0.05) is 18.3 Å². The maximum absolute atomic E-state index is 13.1. The van der Waals surface area contributed by atoms with Crippen molar-refractivity contribution in [3.05, 3.63) is 59.5 Å². The van der Waals surface area contributed by atoms with E-state index in [-0.39, 0.29) is 24.1 Å². The van der Waals surface area contributed by atoms with Gasteiger partial charge in [-0.2, -0.15) is 13.2 Å². The summed E-state index contributed by atoms with van der Waals surface area (Å²) in [4.78, 5) is 16.4. The van der Waals surface area contributed by atoms with Gasteiger partial charge in [0.15, 0.2) is 6.61 Å². The van der Waals surface area contributed by atoms with Crippen LogP contribution in [-0.4, -0.2) is 23.7 Å². The number of nitrogens with zero attached hydrogens (tertiary/aromatic N) is 1. The smallest absolute Gasteiger partial charge is 0.422 e. The molecule has 8 heteroatoms. The molecule has 0 spiro atoms. The summed E-state index contributed by atoms with van der Waals surface area (Å²) < 4.78 is 54.7. The van der Waals surface area contributed by atoms with Gasteiger partial charge < -0.3 is 10.1 Å². The van der Waals surface area contributed by atoms with Crippen molar-refractivity contribution in [1.82, 2.24) is 10.3 Å². The van der Waals surface area contributed by atoms with Crippen molar-refractivity contribution >= 4 is 5.91 Å². The van der Waals surface area contributed by atoms with Crippen LogP contribution < -0.4 is 10.1 Å². The van der Waals surface area contributed by atoms with Crippen LogP contribution in [0.25, 0.3) is 0 Å². The van der Waals surface area contributed by atoms with Crippen molar-refractivity contribution in [2.75, 3.05) is 6.61 Å². The Balaban J connectivity index is 1.66. The molecule has 138 valence electrons. The lowest BCUT2D eigenvalue weighted by Crippen LogP contribution is -2.34. The second kappa shape index (κ2) is 6.93. The van der Waals surface area contributed by atoms with Gasteiger partial charge in [0.25, 0.3) is 0 Å². The van der Waals surface area contributed by atoms with Crippen LogP contribution in [0.4, 0.5) is 17.6 Å². The minimum absolute atomic E-state index is 0.0111. The van der Waals surface area contributed by atoms with Gasteiger partial charge in [-0.1, -0.05) is 18.2 Å². The summed E-state index contributed by atoms with van der Waals surface area (Å²) in [5.74, 6) is -0.807. The number of amides is 1. The van der Waals surface area contributed by atoms with Gasteiger partial charge in [0.05, 0.1) is 5.41 Å². The van der Waals surface area contributed by atoms with Gasteiger partial charge in [-0.25, -0.2) is 9.37 Å². The lowest BCUT2D eigenvalue weighted by Gasteiger charge is -2.17. The monoisotopic (exact) mass is 368 g/mol. The van der Waals surface area contributed by atoms with Crippen molar-refractivity contribution in [3.8, 4) is 5.88 Å². The molecule has 1 aromatic carbocycles. The second-order valence-corrected chi connectivity index (χ2v) is 6.14. The highest BCUT2D eigenvalue weighted by molar-refractivity contribution is 5.91. The number of halogens is 4. The van der Waals surface area contributed by atoms with Crippen molar-refractivity contribution in [2.24, 2.45) is 0 Å². The predicted molar refractivity (Wildman–Crippen MR) is 84.9 cm³/mol. The first-order valence-electron chi connectivity index (χ1n) is 7.98. The topological polar surface area (TPSA) is 51.2 Å². The molecule has 26 heavy (non-hydrogen) atoms. The molecule has 0 radical (unpaired) electrons. The zero-order valence-electron chi connectivity index (χ0n) is 13.6. The van der Waals surface area contributed by atoms with E-state index >= 15 is 0 Å². The SMILES string of the molecule is O=C(NCc1cccnc1OCC(F)(F)F)C1(c2ccc(F)cc2)CC1. The number of hydrogen-bond donors (Lipinski definition) is 1. The molecular weight excluding hydrogens is 352 g/mol. The highest BCUT2D eigenvalue weighted by Gasteiger charge is 2.51. The van der Waals surface area contributed by atoms with Gasteiger partial charge in [-0.15, -0.1) is 0 Å². The molecule has 1 aliphatic rings. The van der Waals surface area contributed by atoms with Crippen molar-refractivity contribution in [1.29, 1.82) is 0 Å². The molecule has 4 nitrogen and oxygen atoms in total. The van der Waals surface area contributed by atoms with Crippen LogP contribution in [0.1, 0.15) is 24.0 Å². The Morgan fingerprint density at radius 2 is 1.88 bits per heavy atom. The Labute approximate surface area is 147 Å². The Kier molecular flexibility index (Phi) is 4.84. The lowest BCUT2D eigenvalue weighted by molar-refractivity contribution is -0.154. The molecule has 1 heterocycles. The molecule has 1 aliphatic carbocycles. The minimum Gasteiger partial charge on any atom is -0.468 e. The van der Waals surface area contributed by atoms with E-state index in [0.717, 1.165) is 5.56 Å². The van der Waals surface area contributed by atoms with E-state index in [4.69, 9.17) is 4.74 Å². The average molecular weight is 368 g/mol. The van der Waals surface area contributed by atoms with Gasteiger partial charge in [-0.3, -0.25) is 4.79 Å². The molecule has 1 saturated carbocycles. The molecule has 0 saturated heterocycles. The number of carbonyl (C=O) groups is 1. The second-order valence-electron chi connectivity index (χ2n) is 6.14. The van der Waals surface area contributed by atoms with Crippen LogP contribution in [0.15, 0.2) is 42.6 Å². The first-order chi connectivity index (χ1) is 12.3. The summed E-state index contributed by atoms with van der Waals surface area (Å²) in [6.45, 7) is -1.46. The summed E-state index contributed by atoms with van der Waals surface area (Å²) in [5.41, 5.74) is 0.360. The van der Waals surface area contributed by atoms with E-state index in [2.05, 4.69) is 10.3 Å². The maximum Gasteiger partial charge on any atom is 0.422 e. The Hall–Kier alpha value is -2.64. The van der Waals surface area contributed by atoms with E-state index in [1.54, 1.807) is 18.2 Å². The highest BCUT2D eigenvalue weighted by atomic mass is 19.4. The van der Waals surface area contributed by atoms with Crippen molar-refractivity contribution in [3.63, 3.8) is 0 Å². The van der Waals surface area contributed by atoms with E-state index in [9.17, 15) is 22.4 Å². The van der Waals surface area contributed by atoms with E-state index < -0.39 is 18.2 Å². The summed E-state index contributed by atoms with van der Waals surface area (Å²) in [5, 5.41) is 2.72. The quantitative estimate of drug-likeness (QED) is 0.794. The van der Waals surface area contributed by atoms with E-state index in [0.29, 0.717) is 18.4 Å². The molecule has 0 bridgehead atoms. The zero-order valence-corrected chi connectivity index (χ0v) is 13.6. The number of benzene rings is 1. The Bertz CT molecular complexity index is 787. The Morgan fingerprint density at radius 3 is 2.50 bits per heavy atom. The van der Waals surface area contributed by atoms with Gasteiger partial charge in [0.1, 0.15) is 5.82 Å². The fourth-order valence-corrected chi connectivity index (χ4v) is 2.72. The fourth-order valence-electron chi connectivity index (χ4n) is 2.72. The molecule has 1 N–H and O–H groups in total. The van der Waals surface area contributed by atoms with Gasteiger partial charge in [0.2, 0.25) is 11.8 Å². The van der Waals surface area contributed by atoms with Crippen LogP contribution in [0.2, 0.25) is 0 Å². The van der Waals surface area contributed by atoms with Crippen LogP contribution in [-0.2, 0) is 16.8 Å². The normalized spacial score (nSPS) is 15.4. The fraction of sp³-hybridized carbons (Fsp3) is 0.333. The van der Waals surface area contributed by atoms with Crippen molar-refractivity contribution in [2.45, 2.75) is 31.0 Å². The van der Waals surface area contributed by atoms with Crippen molar-refractivity contribution < 1.29 is 27.1 Å². The molecule has 0 atom stereocenters. The summed E-state index contributed by atoms with van der Waals surface area (Å²) in [6, 6.07) is 8.83. The van der Waals surface area contributed by atoms with Gasteiger partial charge >= 0.3 is 6.18 Å². The number of hydrogen-bond acceptors (Lipinski definition) is 3. The summed E-state index contributed by atoms with van der Waals surface area (Å²) in [6.07, 6.45) is -1.89. The first kappa shape index (κ1) is 18.2. The Morgan fingerprint density at radius 1 is 1.19 bits per heavy atom. The number of pyridine rings is 1. The molecule has 3 rings (SSSR count). The van der Waals surface area contributed by atoms with E-state index in [1.807, 2.05) is 0 Å². The number of aromatic nitrogens is 1. The number of rotatable bonds is 6. The molecule has 2 aromatic rings. The number of carbonyl (C=O) groups excluding carboxylic acids is 1. The first-order valence-corrected chi connectivity index (χ1v) is 7.98. The summed E-state index contributed by atoms with van der Waals surface area (Å²) in [7, 11) is 0. The zero-order chi connectivity index (χ0) is 18.8. The molecule has 1 fully saturated rings. The average Bonchev–Trinajstić information content (AvgIpc) is 3.40. The third-order valence-corrected chi connectivity index (χ3v) is 4.24. The lowest BCUT2D eigenvalue weighted by atomic mass is 9.95. The highest BCUT2D eigenvalue weighted by Crippen LogP contribution is 2.48. The van der Waals surface area contributed by atoms with Gasteiger partial charge in [-0.05, 0) is 36.6 Å². The third kappa shape index (κ3) is 4.12. The summed E-state index contributed by atoms with van der Waals surface area (Å²) >= 11 is 0. The standard InChI is InChI=1S/C18H16F4N2O2/c19-14-5-3-13(4-6-14)17(7-8-17)16(25)24-10-12-2-1-9-23-15(12)26-11-18(20,21)22/h1-6,9H,7-8,10-11H2,(H,24,25). The van der Waals surface area contributed by atoms with Crippen LogP contribution in [0.5, 0.6) is 5.88 Å². The number of nitrogens with one attached hydrogen (secondary N) is 1. The minimum atomic E-state index is -4.47. The van der Waals surface area contributed by atoms with E-state index in [1.165, 1.54) is 24.4 Å². The molecular formula is C18H16F4N2O2. The number of alkyl halides is 3. The van der Waals surface area contributed by atoms with Crippen LogP contribution >= 0.6 is 0 Å². The van der Waals surface area contributed by atoms with Crippen LogP contribution in [0.3, 0.4) is 0 Å². The third-order valence-electron chi connectivity index (χ3n) is 4.24.